The lowest BCUT2D eigenvalue weighted by molar-refractivity contribution is -0.143. The molecule has 0 spiro atoms. The Bertz CT molecular complexity index is 196. The number of carbonyl (C=O) groups is 1. The number of methoxy groups -OCH3 is 1. The Balaban J connectivity index is 1.91. The Morgan fingerprint density at radius 2 is 2.17 bits per heavy atom. The number of rotatable bonds is 2. The van der Waals surface area contributed by atoms with Crippen LogP contribution in [0.4, 0.5) is 0 Å². The van der Waals surface area contributed by atoms with Gasteiger partial charge in [0, 0.05) is 0 Å². The van der Waals surface area contributed by atoms with E-state index in [1.807, 2.05) is 0 Å². The van der Waals surface area contributed by atoms with Crippen LogP contribution < -0.4 is 5.73 Å². The van der Waals surface area contributed by atoms with E-state index in [2.05, 4.69) is 4.74 Å². The van der Waals surface area contributed by atoms with E-state index < -0.39 is 6.04 Å². The largest absolute Gasteiger partial charge is 0.468 e. The summed E-state index contributed by atoms with van der Waals surface area (Å²) in [6, 6.07) is -0.436. The van der Waals surface area contributed by atoms with Gasteiger partial charge in [0.05, 0.1) is 20.3 Å². The fraction of sp³-hybridized carbons (Fsp3) is 0.875. The molecular formula is C8H13NO3. The number of fused-ring (bicyclic) bond motifs is 1. The summed E-state index contributed by atoms with van der Waals surface area (Å²) in [6.45, 7) is 1.53. The second-order valence-electron chi connectivity index (χ2n) is 3.49. The van der Waals surface area contributed by atoms with Crippen molar-refractivity contribution in [2.24, 2.45) is 23.5 Å². The molecule has 68 valence electrons. The minimum atomic E-state index is -0.436. The Labute approximate surface area is 71.0 Å². The Hall–Kier alpha value is -0.610. The molecule has 0 aromatic rings. The van der Waals surface area contributed by atoms with Gasteiger partial charge in [-0.2, -0.15) is 0 Å². The van der Waals surface area contributed by atoms with Gasteiger partial charge in [0.2, 0.25) is 0 Å². The van der Waals surface area contributed by atoms with Crippen molar-refractivity contribution in [3.8, 4) is 0 Å². The van der Waals surface area contributed by atoms with Crippen molar-refractivity contribution >= 4 is 5.97 Å². The SMILES string of the molecule is COC(=O)C(N)C1[C@H]2COC[C@@H]12. The van der Waals surface area contributed by atoms with Gasteiger partial charge < -0.3 is 15.2 Å². The average Bonchev–Trinajstić information content (AvgIpc) is 2.56. The Morgan fingerprint density at radius 1 is 1.58 bits per heavy atom. The van der Waals surface area contributed by atoms with Crippen molar-refractivity contribution in [3.63, 3.8) is 0 Å². The molecule has 12 heavy (non-hydrogen) atoms. The lowest BCUT2D eigenvalue weighted by Crippen LogP contribution is -2.35. The highest BCUT2D eigenvalue weighted by Gasteiger charge is 2.58. The van der Waals surface area contributed by atoms with E-state index in [4.69, 9.17) is 10.5 Å². The summed E-state index contributed by atoms with van der Waals surface area (Å²) in [5, 5.41) is 0. The molecule has 0 bridgehead atoms. The Kier molecular flexibility index (Phi) is 1.81. The van der Waals surface area contributed by atoms with Crippen molar-refractivity contribution < 1.29 is 14.3 Å². The maximum atomic E-state index is 11.0. The lowest BCUT2D eigenvalue weighted by Gasteiger charge is -2.10. The number of hydrogen-bond acceptors (Lipinski definition) is 4. The van der Waals surface area contributed by atoms with Gasteiger partial charge in [0.25, 0.3) is 0 Å². The second kappa shape index (κ2) is 2.71. The first-order chi connectivity index (χ1) is 5.75. The number of hydrogen-bond donors (Lipinski definition) is 1. The predicted octanol–water partition coefficient (Wildman–Crippen LogP) is -0.621. The van der Waals surface area contributed by atoms with Crippen molar-refractivity contribution in [2.75, 3.05) is 20.3 Å². The van der Waals surface area contributed by atoms with E-state index in [0.717, 1.165) is 13.2 Å². The van der Waals surface area contributed by atoms with Crippen molar-refractivity contribution in [3.05, 3.63) is 0 Å². The summed E-state index contributed by atoms with van der Waals surface area (Å²) in [6.07, 6.45) is 0. The van der Waals surface area contributed by atoms with Crippen molar-refractivity contribution in [2.45, 2.75) is 6.04 Å². The van der Waals surface area contributed by atoms with Gasteiger partial charge in [0.1, 0.15) is 6.04 Å². The summed E-state index contributed by atoms with van der Waals surface area (Å²) in [5.74, 6) is 1.04. The molecule has 4 heteroatoms. The summed E-state index contributed by atoms with van der Waals surface area (Å²) in [7, 11) is 1.37. The smallest absolute Gasteiger partial charge is 0.322 e. The van der Waals surface area contributed by atoms with Crippen LogP contribution in [0, 0.1) is 17.8 Å². The van der Waals surface area contributed by atoms with Crippen LogP contribution in [0.5, 0.6) is 0 Å². The van der Waals surface area contributed by atoms with Gasteiger partial charge in [-0.25, -0.2) is 0 Å². The highest BCUT2D eigenvalue weighted by atomic mass is 16.5. The second-order valence-corrected chi connectivity index (χ2v) is 3.49. The molecule has 0 amide bonds. The zero-order valence-corrected chi connectivity index (χ0v) is 7.03. The molecule has 2 N–H and O–H groups in total. The third-order valence-electron chi connectivity index (χ3n) is 2.91. The zero-order valence-electron chi connectivity index (χ0n) is 7.03. The van der Waals surface area contributed by atoms with Crippen LogP contribution in [-0.2, 0) is 14.3 Å². The molecule has 1 aliphatic carbocycles. The Morgan fingerprint density at radius 3 is 2.67 bits per heavy atom. The molecular weight excluding hydrogens is 158 g/mol. The van der Waals surface area contributed by atoms with Crippen molar-refractivity contribution in [1.29, 1.82) is 0 Å². The van der Waals surface area contributed by atoms with Crippen LogP contribution in [0.3, 0.4) is 0 Å². The van der Waals surface area contributed by atoms with E-state index in [1.165, 1.54) is 7.11 Å². The van der Waals surface area contributed by atoms with Crippen LogP contribution in [-0.4, -0.2) is 32.3 Å². The molecule has 2 unspecified atom stereocenters. The highest BCUT2D eigenvalue weighted by Crippen LogP contribution is 2.52. The minimum Gasteiger partial charge on any atom is -0.468 e. The quantitative estimate of drug-likeness (QED) is 0.562. The molecule has 2 rings (SSSR count). The van der Waals surface area contributed by atoms with Crippen LogP contribution in [0.25, 0.3) is 0 Å². The van der Waals surface area contributed by atoms with Crippen LogP contribution in [0.2, 0.25) is 0 Å². The first-order valence-electron chi connectivity index (χ1n) is 4.17. The molecule has 0 aromatic carbocycles. The first-order valence-corrected chi connectivity index (χ1v) is 4.17. The standard InChI is InChI=1S/C8H13NO3/c1-11-8(10)7(9)6-4-2-12-3-5(4)6/h4-7H,2-3,9H2,1H3/t4-,5+,6?,7?. The number of nitrogens with two attached hydrogens (primary N) is 1. The average molecular weight is 171 g/mol. The molecule has 1 aliphatic heterocycles. The summed E-state index contributed by atoms with van der Waals surface area (Å²) in [5.41, 5.74) is 5.69. The van der Waals surface area contributed by atoms with Gasteiger partial charge in [-0.05, 0) is 17.8 Å². The fourth-order valence-corrected chi connectivity index (χ4v) is 2.11. The fourth-order valence-electron chi connectivity index (χ4n) is 2.11. The third kappa shape index (κ3) is 1.03. The molecule has 4 atom stereocenters. The summed E-state index contributed by atoms with van der Waals surface area (Å²) >= 11 is 0. The van der Waals surface area contributed by atoms with Crippen LogP contribution >= 0.6 is 0 Å². The lowest BCUT2D eigenvalue weighted by atomic mass is 10.1. The number of carbonyl (C=O) groups excluding carboxylic acids is 1. The minimum absolute atomic E-state index is 0.297. The maximum absolute atomic E-state index is 11.0. The van der Waals surface area contributed by atoms with Gasteiger partial charge in [-0.1, -0.05) is 0 Å². The molecule has 4 nitrogen and oxygen atoms in total. The first kappa shape index (κ1) is 8.01. The van der Waals surface area contributed by atoms with E-state index in [-0.39, 0.29) is 5.97 Å². The van der Waals surface area contributed by atoms with Crippen LogP contribution in [0.15, 0.2) is 0 Å². The molecule has 2 aliphatic rings. The van der Waals surface area contributed by atoms with Gasteiger partial charge >= 0.3 is 5.97 Å². The topological polar surface area (TPSA) is 61.5 Å². The maximum Gasteiger partial charge on any atom is 0.322 e. The van der Waals surface area contributed by atoms with E-state index >= 15 is 0 Å². The number of esters is 1. The highest BCUT2D eigenvalue weighted by molar-refractivity contribution is 5.76. The van der Waals surface area contributed by atoms with E-state index in [1.54, 1.807) is 0 Å². The normalized spacial score (nSPS) is 40.3. The molecule has 0 radical (unpaired) electrons. The van der Waals surface area contributed by atoms with Crippen molar-refractivity contribution in [1.82, 2.24) is 0 Å². The summed E-state index contributed by atoms with van der Waals surface area (Å²) < 4.78 is 9.77. The van der Waals surface area contributed by atoms with Gasteiger partial charge in [-0.3, -0.25) is 4.79 Å². The monoisotopic (exact) mass is 171 g/mol. The number of ether oxygens (including phenoxy) is 2. The molecule has 2 fully saturated rings. The molecule has 1 saturated carbocycles. The van der Waals surface area contributed by atoms with E-state index in [0.29, 0.717) is 17.8 Å². The van der Waals surface area contributed by atoms with E-state index in [9.17, 15) is 4.79 Å². The van der Waals surface area contributed by atoms with Gasteiger partial charge in [0.15, 0.2) is 0 Å². The molecule has 1 saturated heterocycles. The third-order valence-corrected chi connectivity index (χ3v) is 2.91. The predicted molar refractivity (Wildman–Crippen MR) is 41.3 cm³/mol. The molecule has 1 heterocycles. The van der Waals surface area contributed by atoms with Crippen LogP contribution in [0.1, 0.15) is 0 Å². The zero-order chi connectivity index (χ0) is 8.72. The summed E-state index contributed by atoms with van der Waals surface area (Å²) in [4.78, 5) is 11.0. The molecule has 0 aromatic heterocycles. The van der Waals surface area contributed by atoms with Gasteiger partial charge in [-0.15, -0.1) is 0 Å².